The van der Waals surface area contributed by atoms with Gasteiger partial charge in [-0.25, -0.2) is 9.97 Å². The van der Waals surface area contributed by atoms with Crippen LogP contribution in [0.2, 0.25) is 0 Å². The monoisotopic (exact) mass is 397 g/mol. The first-order valence-corrected chi connectivity index (χ1v) is 9.21. The summed E-state index contributed by atoms with van der Waals surface area (Å²) in [4.78, 5) is 8.70. The summed E-state index contributed by atoms with van der Waals surface area (Å²) >= 11 is 5.58. The molecule has 0 radical (unpaired) electrons. The van der Waals surface area contributed by atoms with E-state index in [4.69, 9.17) is 32.2 Å². The van der Waals surface area contributed by atoms with Crippen molar-refractivity contribution in [3.63, 3.8) is 0 Å². The van der Waals surface area contributed by atoms with E-state index in [9.17, 15) is 0 Å². The summed E-state index contributed by atoms with van der Waals surface area (Å²) in [5.74, 6) is 4.89. The van der Waals surface area contributed by atoms with Crippen molar-refractivity contribution in [1.29, 1.82) is 0 Å². The van der Waals surface area contributed by atoms with Crippen LogP contribution in [0, 0.1) is 12.3 Å². The van der Waals surface area contributed by atoms with Gasteiger partial charge in [0.15, 0.2) is 11.5 Å². The normalized spacial score (nSPS) is 10.5. The summed E-state index contributed by atoms with van der Waals surface area (Å²) in [6, 6.07) is 11.2. The summed E-state index contributed by atoms with van der Waals surface area (Å²) in [6.45, 7) is 1.31. The fourth-order valence-electron chi connectivity index (χ4n) is 2.63. The topological polar surface area (TPSA) is 65.5 Å². The van der Waals surface area contributed by atoms with Crippen LogP contribution in [0.15, 0.2) is 42.7 Å². The first-order valence-electron chi connectivity index (χ1n) is 8.68. The van der Waals surface area contributed by atoms with Gasteiger partial charge in [0.2, 0.25) is 0 Å². The molecule has 0 aliphatic carbocycles. The fraction of sp³-hybridized carbons (Fsp3) is 0.238. The highest BCUT2D eigenvalue weighted by Gasteiger charge is 2.12. The van der Waals surface area contributed by atoms with Crippen LogP contribution in [0.3, 0.4) is 0 Å². The lowest BCUT2D eigenvalue weighted by Gasteiger charge is -2.14. The molecule has 0 aliphatic rings. The van der Waals surface area contributed by atoms with Crippen molar-refractivity contribution in [2.75, 3.05) is 38.1 Å². The van der Waals surface area contributed by atoms with Crippen molar-refractivity contribution in [3.8, 4) is 23.8 Å². The predicted molar refractivity (Wildman–Crippen MR) is 111 cm³/mol. The van der Waals surface area contributed by atoms with Gasteiger partial charge in [-0.05, 0) is 24.3 Å². The number of alkyl halides is 1. The molecule has 0 amide bonds. The predicted octanol–water partition coefficient (Wildman–Crippen LogP) is 4.00. The maximum absolute atomic E-state index is 5.78. The summed E-state index contributed by atoms with van der Waals surface area (Å²) in [5, 5.41) is 4.09. The molecule has 28 heavy (non-hydrogen) atoms. The highest BCUT2D eigenvalue weighted by molar-refractivity contribution is 6.17. The largest absolute Gasteiger partial charge is 0.493 e. The number of hydrogen-bond donors (Lipinski definition) is 1. The number of benzene rings is 2. The van der Waals surface area contributed by atoms with Crippen molar-refractivity contribution in [1.82, 2.24) is 9.97 Å². The van der Waals surface area contributed by atoms with E-state index in [2.05, 4.69) is 21.2 Å². The molecule has 1 aromatic heterocycles. The second-order valence-corrected chi connectivity index (χ2v) is 6.12. The van der Waals surface area contributed by atoms with E-state index >= 15 is 0 Å². The second kappa shape index (κ2) is 9.79. The van der Waals surface area contributed by atoms with Crippen molar-refractivity contribution < 1.29 is 14.2 Å². The molecule has 0 saturated carbocycles. The Labute approximate surface area is 168 Å². The number of aromatic nitrogens is 2. The number of terminal acetylenes is 1. The molecule has 2 aromatic carbocycles. The maximum atomic E-state index is 5.78. The molecule has 144 valence electrons. The lowest BCUT2D eigenvalue weighted by atomic mass is 10.2. The molecule has 3 aromatic rings. The third-order valence-electron chi connectivity index (χ3n) is 3.92. The van der Waals surface area contributed by atoms with Crippen molar-refractivity contribution >= 4 is 34.0 Å². The van der Waals surface area contributed by atoms with Crippen LogP contribution in [0.1, 0.15) is 5.56 Å². The van der Waals surface area contributed by atoms with Gasteiger partial charge in [0.1, 0.15) is 18.8 Å². The van der Waals surface area contributed by atoms with Gasteiger partial charge in [-0.15, -0.1) is 18.0 Å². The number of halogens is 1. The quantitative estimate of drug-likeness (QED) is 0.334. The third kappa shape index (κ3) is 4.83. The van der Waals surface area contributed by atoms with Crippen molar-refractivity contribution in [3.05, 3.63) is 48.3 Å². The van der Waals surface area contributed by atoms with Gasteiger partial charge in [0.25, 0.3) is 0 Å². The number of anilines is 2. The number of nitrogens with zero attached hydrogens (tertiary/aromatic N) is 2. The van der Waals surface area contributed by atoms with E-state index < -0.39 is 0 Å². The molecule has 0 unspecified atom stereocenters. The van der Waals surface area contributed by atoms with E-state index in [1.807, 2.05) is 36.4 Å². The first kappa shape index (κ1) is 19.7. The van der Waals surface area contributed by atoms with Crippen LogP contribution in [0.4, 0.5) is 11.5 Å². The Balaban J connectivity index is 1.86. The Bertz CT molecular complexity index is 988. The zero-order valence-electron chi connectivity index (χ0n) is 15.4. The lowest BCUT2D eigenvalue weighted by Crippen LogP contribution is -2.08. The maximum Gasteiger partial charge on any atom is 0.163 e. The Morgan fingerprint density at radius 3 is 2.79 bits per heavy atom. The van der Waals surface area contributed by atoms with Gasteiger partial charge in [-0.2, -0.15) is 0 Å². The molecular formula is C21H20ClN3O3. The standard InChI is InChI=1S/C21H20ClN3O3/c1-3-15-5-4-6-16(11-15)25-21-17-12-19(26-2)20(13-18(17)23-14-24-21)28-10-9-27-8-7-22/h1,4-6,11-14H,7-10H2,2H3,(H,23,24,25). The van der Waals surface area contributed by atoms with Gasteiger partial charge in [-0.3, -0.25) is 0 Å². The lowest BCUT2D eigenvalue weighted by molar-refractivity contribution is 0.110. The van der Waals surface area contributed by atoms with Crippen LogP contribution in [0.5, 0.6) is 11.5 Å². The minimum Gasteiger partial charge on any atom is -0.493 e. The van der Waals surface area contributed by atoms with Crippen LogP contribution >= 0.6 is 11.6 Å². The number of methoxy groups -OCH3 is 1. The molecule has 6 nitrogen and oxygen atoms in total. The van der Waals surface area contributed by atoms with E-state index in [1.165, 1.54) is 6.33 Å². The molecule has 7 heteroatoms. The van der Waals surface area contributed by atoms with Crippen LogP contribution < -0.4 is 14.8 Å². The molecular weight excluding hydrogens is 378 g/mol. The molecule has 0 atom stereocenters. The van der Waals surface area contributed by atoms with E-state index in [0.717, 1.165) is 22.2 Å². The third-order valence-corrected chi connectivity index (χ3v) is 4.07. The van der Waals surface area contributed by atoms with Crippen LogP contribution in [-0.2, 0) is 4.74 Å². The highest BCUT2D eigenvalue weighted by Crippen LogP contribution is 2.34. The van der Waals surface area contributed by atoms with Gasteiger partial charge in [0, 0.05) is 28.6 Å². The molecule has 0 bridgehead atoms. The summed E-state index contributed by atoms with van der Waals surface area (Å²) < 4.78 is 16.6. The summed E-state index contributed by atoms with van der Waals surface area (Å²) in [6.07, 6.45) is 6.97. The zero-order chi connectivity index (χ0) is 19.8. The smallest absolute Gasteiger partial charge is 0.163 e. The number of hydrogen-bond acceptors (Lipinski definition) is 6. The Morgan fingerprint density at radius 2 is 2.00 bits per heavy atom. The zero-order valence-corrected chi connectivity index (χ0v) is 16.2. The van der Waals surface area contributed by atoms with Gasteiger partial charge >= 0.3 is 0 Å². The Kier molecular flexibility index (Phi) is 6.90. The highest BCUT2D eigenvalue weighted by atomic mass is 35.5. The Hall–Kier alpha value is -3.01. The SMILES string of the molecule is C#Cc1cccc(Nc2ncnc3cc(OCCOCCCl)c(OC)cc23)c1. The van der Waals surface area contributed by atoms with Gasteiger partial charge in [0.05, 0.1) is 25.8 Å². The number of rotatable bonds is 9. The fourth-order valence-corrected chi connectivity index (χ4v) is 2.74. The van der Waals surface area contributed by atoms with Crippen LogP contribution in [-0.4, -0.2) is 42.8 Å². The minimum atomic E-state index is 0.383. The molecule has 1 heterocycles. The first-order chi connectivity index (χ1) is 13.7. The van der Waals surface area contributed by atoms with E-state index in [-0.39, 0.29) is 0 Å². The molecule has 3 rings (SSSR count). The molecule has 0 fully saturated rings. The Morgan fingerprint density at radius 1 is 1.11 bits per heavy atom. The average molecular weight is 398 g/mol. The average Bonchev–Trinajstić information content (AvgIpc) is 2.73. The second-order valence-electron chi connectivity index (χ2n) is 5.74. The van der Waals surface area contributed by atoms with Crippen LogP contribution in [0.25, 0.3) is 10.9 Å². The molecule has 1 N–H and O–H groups in total. The van der Waals surface area contributed by atoms with E-state index in [0.29, 0.717) is 43.0 Å². The molecule has 0 saturated heterocycles. The number of fused-ring (bicyclic) bond motifs is 1. The molecule has 0 aliphatic heterocycles. The molecule has 0 spiro atoms. The van der Waals surface area contributed by atoms with E-state index in [1.54, 1.807) is 7.11 Å². The van der Waals surface area contributed by atoms with Crippen molar-refractivity contribution in [2.24, 2.45) is 0 Å². The van der Waals surface area contributed by atoms with Crippen molar-refractivity contribution in [2.45, 2.75) is 0 Å². The number of nitrogens with one attached hydrogen (secondary N) is 1. The summed E-state index contributed by atoms with van der Waals surface area (Å²) in [7, 11) is 1.59. The van der Waals surface area contributed by atoms with Gasteiger partial charge in [-0.1, -0.05) is 12.0 Å². The summed E-state index contributed by atoms with van der Waals surface area (Å²) in [5.41, 5.74) is 2.35. The van der Waals surface area contributed by atoms with Gasteiger partial charge < -0.3 is 19.5 Å². The minimum absolute atomic E-state index is 0.383. The number of ether oxygens (including phenoxy) is 3.